The molecular formula is C18H21NO6. The molecule has 0 aromatic heterocycles. The number of esters is 1. The van der Waals surface area contributed by atoms with Crippen LogP contribution in [0.2, 0.25) is 0 Å². The maximum atomic E-state index is 11.6. The van der Waals surface area contributed by atoms with Crippen LogP contribution in [0.15, 0.2) is 12.1 Å². The first-order chi connectivity index (χ1) is 12.0. The molecule has 0 spiro atoms. The van der Waals surface area contributed by atoms with Gasteiger partial charge in [0.15, 0.2) is 11.5 Å². The molecule has 1 aromatic carbocycles. The first-order valence-corrected chi connectivity index (χ1v) is 8.72. The third-order valence-corrected chi connectivity index (χ3v) is 6.11. The van der Waals surface area contributed by atoms with E-state index in [0.29, 0.717) is 6.42 Å². The van der Waals surface area contributed by atoms with Crippen LogP contribution in [-0.4, -0.2) is 58.8 Å². The summed E-state index contributed by atoms with van der Waals surface area (Å²) in [6.07, 6.45) is -2.15. The molecule has 7 heteroatoms. The van der Waals surface area contributed by atoms with Gasteiger partial charge in [0.2, 0.25) is 6.79 Å². The standard InChI is InChI=1S/C18H21NO6/c1-8(20)25-18-16-11-6-19(12(16)4-13(21)17(18)22)5-9-2-14-15(3-10(9)11)24-7-23-14/h2-3,11-13,16-18,21-22H,4-7H2,1H3/t11-,12-,13+,16+,17+,18+/m0/s1. The van der Waals surface area contributed by atoms with Crippen molar-refractivity contribution in [1.29, 1.82) is 0 Å². The van der Waals surface area contributed by atoms with Gasteiger partial charge in [0.25, 0.3) is 0 Å². The van der Waals surface area contributed by atoms with Gasteiger partial charge in [-0.2, -0.15) is 0 Å². The summed E-state index contributed by atoms with van der Waals surface area (Å²) in [5.74, 6) is 1.18. The SMILES string of the molecule is CC(=O)O[C@H]1[C@H](O)[C@H](O)C[C@H]2[C@H]1[C@H]1CN2Cc2cc3c(cc21)OCO3. The molecule has 1 saturated carbocycles. The largest absolute Gasteiger partial charge is 0.459 e. The highest BCUT2D eigenvalue weighted by atomic mass is 16.7. The van der Waals surface area contributed by atoms with E-state index in [1.54, 1.807) is 0 Å². The molecule has 1 aliphatic carbocycles. The Balaban J connectivity index is 1.57. The van der Waals surface area contributed by atoms with E-state index >= 15 is 0 Å². The van der Waals surface area contributed by atoms with Crippen LogP contribution in [0.4, 0.5) is 0 Å². The number of carbonyl (C=O) groups is 1. The van der Waals surface area contributed by atoms with Crippen molar-refractivity contribution in [3.63, 3.8) is 0 Å². The lowest BCUT2D eigenvalue weighted by molar-refractivity contribution is -0.174. The lowest BCUT2D eigenvalue weighted by Crippen LogP contribution is -2.55. The number of hydrogen-bond donors (Lipinski definition) is 2. The van der Waals surface area contributed by atoms with Gasteiger partial charge >= 0.3 is 5.97 Å². The third-order valence-electron chi connectivity index (χ3n) is 6.11. The Hall–Kier alpha value is -1.83. The molecule has 4 aliphatic rings. The number of carbonyl (C=O) groups excluding carboxylic acids is 1. The van der Waals surface area contributed by atoms with Gasteiger partial charge in [-0.15, -0.1) is 0 Å². The zero-order valence-electron chi connectivity index (χ0n) is 13.9. The molecule has 25 heavy (non-hydrogen) atoms. The van der Waals surface area contributed by atoms with E-state index in [4.69, 9.17) is 14.2 Å². The van der Waals surface area contributed by atoms with Crippen molar-refractivity contribution in [2.24, 2.45) is 5.92 Å². The maximum Gasteiger partial charge on any atom is 0.303 e. The number of aliphatic hydroxyl groups is 2. The summed E-state index contributed by atoms with van der Waals surface area (Å²) in [6.45, 7) is 3.17. The molecule has 3 aliphatic heterocycles. The second kappa shape index (κ2) is 5.33. The average molecular weight is 347 g/mol. The lowest BCUT2D eigenvalue weighted by atomic mass is 9.72. The smallest absolute Gasteiger partial charge is 0.303 e. The van der Waals surface area contributed by atoms with Crippen LogP contribution in [-0.2, 0) is 16.1 Å². The van der Waals surface area contributed by atoms with E-state index < -0.39 is 24.3 Å². The number of benzene rings is 1. The molecule has 2 fully saturated rings. The topological polar surface area (TPSA) is 88.5 Å². The van der Waals surface area contributed by atoms with Crippen LogP contribution in [0.25, 0.3) is 0 Å². The number of ether oxygens (including phenoxy) is 3. The highest BCUT2D eigenvalue weighted by Gasteiger charge is 2.56. The quantitative estimate of drug-likeness (QED) is 0.710. The van der Waals surface area contributed by atoms with Crippen molar-refractivity contribution in [2.75, 3.05) is 13.3 Å². The van der Waals surface area contributed by atoms with Crippen LogP contribution in [0.5, 0.6) is 11.5 Å². The van der Waals surface area contributed by atoms with E-state index in [1.165, 1.54) is 18.1 Å². The predicted octanol–water partition coefficient (Wildman–Crippen LogP) is 0.370. The van der Waals surface area contributed by atoms with Crippen molar-refractivity contribution in [3.05, 3.63) is 23.3 Å². The molecule has 2 bridgehead atoms. The zero-order valence-corrected chi connectivity index (χ0v) is 13.9. The fraction of sp³-hybridized carbons (Fsp3) is 0.611. The van der Waals surface area contributed by atoms with Crippen molar-refractivity contribution < 1.29 is 29.2 Å². The molecule has 5 rings (SSSR count). The van der Waals surface area contributed by atoms with Crippen molar-refractivity contribution in [3.8, 4) is 11.5 Å². The first-order valence-electron chi connectivity index (χ1n) is 8.72. The molecule has 2 N–H and O–H groups in total. The van der Waals surface area contributed by atoms with E-state index in [1.807, 2.05) is 12.1 Å². The average Bonchev–Trinajstić information content (AvgIpc) is 3.13. The van der Waals surface area contributed by atoms with E-state index in [-0.39, 0.29) is 24.7 Å². The van der Waals surface area contributed by atoms with Gasteiger partial charge in [-0.25, -0.2) is 0 Å². The molecule has 7 nitrogen and oxygen atoms in total. The minimum Gasteiger partial charge on any atom is -0.459 e. The molecular weight excluding hydrogens is 326 g/mol. The van der Waals surface area contributed by atoms with Crippen molar-refractivity contribution >= 4 is 5.97 Å². The third kappa shape index (κ3) is 2.19. The first kappa shape index (κ1) is 15.4. The highest BCUT2D eigenvalue weighted by molar-refractivity contribution is 5.66. The Morgan fingerprint density at radius 2 is 2.04 bits per heavy atom. The fourth-order valence-corrected chi connectivity index (χ4v) is 5.14. The highest BCUT2D eigenvalue weighted by Crippen LogP contribution is 2.52. The minimum absolute atomic E-state index is 0.0380. The Labute approximate surface area is 145 Å². The molecule has 0 radical (unpaired) electrons. The summed E-state index contributed by atoms with van der Waals surface area (Å²) >= 11 is 0. The van der Waals surface area contributed by atoms with Gasteiger partial charge in [-0.05, 0) is 29.7 Å². The number of aliphatic hydroxyl groups excluding tert-OH is 2. The van der Waals surface area contributed by atoms with Crippen LogP contribution in [0, 0.1) is 5.92 Å². The van der Waals surface area contributed by atoms with Crippen LogP contribution in [0.1, 0.15) is 30.4 Å². The lowest BCUT2D eigenvalue weighted by Gasteiger charge is -2.42. The second-order valence-corrected chi connectivity index (χ2v) is 7.45. The number of nitrogens with zero attached hydrogens (tertiary/aromatic N) is 1. The van der Waals surface area contributed by atoms with Gasteiger partial charge < -0.3 is 24.4 Å². The van der Waals surface area contributed by atoms with Gasteiger partial charge in [0.1, 0.15) is 12.2 Å². The minimum atomic E-state index is -1.05. The second-order valence-electron chi connectivity index (χ2n) is 7.45. The zero-order chi connectivity index (χ0) is 17.3. The Morgan fingerprint density at radius 3 is 2.80 bits per heavy atom. The molecule has 1 saturated heterocycles. The summed E-state index contributed by atoms with van der Waals surface area (Å²) in [4.78, 5) is 13.9. The summed E-state index contributed by atoms with van der Waals surface area (Å²) < 4.78 is 16.5. The molecule has 0 amide bonds. The number of rotatable bonds is 1. The maximum absolute atomic E-state index is 11.6. The van der Waals surface area contributed by atoms with Crippen LogP contribution in [0.3, 0.4) is 0 Å². The van der Waals surface area contributed by atoms with E-state index in [2.05, 4.69) is 4.90 Å². The number of fused-ring (bicyclic) bond motifs is 8. The van der Waals surface area contributed by atoms with Crippen molar-refractivity contribution in [2.45, 2.75) is 50.2 Å². The van der Waals surface area contributed by atoms with Gasteiger partial charge in [-0.1, -0.05) is 0 Å². The Kier molecular flexibility index (Phi) is 3.29. The van der Waals surface area contributed by atoms with Crippen LogP contribution < -0.4 is 9.47 Å². The summed E-state index contributed by atoms with van der Waals surface area (Å²) in [6, 6.07) is 4.14. The molecule has 134 valence electrons. The number of hydrogen-bond acceptors (Lipinski definition) is 7. The Morgan fingerprint density at radius 1 is 1.28 bits per heavy atom. The van der Waals surface area contributed by atoms with Gasteiger partial charge in [-0.3, -0.25) is 9.69 Å². The summed E-state index contributed by atoms with van der Waals surface area (Å²) in [5, 5.41) is 20.7. The molecule has 3 heterocycles. The van der Waals surface area contributed by atoms with Gasteiger partial charge in [0, 0.05) is 37.9 Å². The van der Waals surface area contributed by atoms with E-state index in [9.17, 15) is 15.0 Å². The fourth-order valence-electron chi connectivity index (χ4n) is 5.14. The monoisotopic (exact) mass is 347 g/mol. The normalized spacial score (nSPS) is 40.4. The summed E-state index contributed by atoms with van der Waals surface area (Å²) in [7, 11) is 0. The molecule has 1 unspecified atom stereocenters. The summed E-state index contributed by atoms with van der Waals surface area (Å²) in [5.41, 5.74) is 2.36. The van der Waals surface area contributed by atoms with Gasteiger partial charge in [0.05, 0.1) is 6.10 Å². The predicted molar refractivity (Wildman–Crippen MR) is 85.2 cm³/mol. The molecule has 1 aromatic rings. The van der Waals surface area contributed by atoms with E-state index in [0.717, 1.165) is 24.6 Å². The Bertz CT molecular complexity index is 737. The molecule has 7 atom stereocenters. The van der Waals surface area contributed by atoms with Crippen LogP contribution >= 0.6 is 0 Å². The van der Waals surface area contributed by atoms with Crippen molar-refractivity contribution in [1.82, 2.24) is 4.90 Å².